The van der Waals surface area contributed by atoms with Crippen LogP contribution in [-0.2, 0) is 19.5 Å². The molecule has 2 aromatic heterocycles. The van der Waals surface area contributed by atoms with E-state index in [1.807, 2.05) is 14.0 Å². The number of aromatic nitrogens is 3. The van der Waals surface area contributed by atoms with Crippen LogP contribution in [0.2, 0.25) is 0 Å². The molecule has 0 saturated heterocycles. The first-order valence-corrected chi connectivity index (χ1v) is 6.84. The molecule has 0 amide bonds. The molecule has 0 fully saturated rings. The van der Waals surface area contributed by atoms with E-state index in [0.717, 1.165) is 18.8 Å². The number of benzene rings is 1. The van der Waals surface area contributed by atoms with Gasteiger partial charge < -0.3 is 14.4 Å². The Labute approximate surface area is 117 Å². The SMILES string of the molecule is CCc1nc(Cn2ccc3cc(CNC)ccc32)no1. The standard InChI is InChI=1S/C15H18N4O/c1-3-15-17-14(18-20-15)10-19-7-6-12-8-11(9-16-2)4-5-13(12)19/h4-8,16H,3,9-10H2,1-2H3. The number of nitrogens with zero attached hydrogens (tertiary/aromatic N) is 3. The Balaban J connectivity index is 1.88. The van der Waals surface area contributed by atoms with Crippen molar-refractivity contribution in [1.29, 1.82) is 0 Å². The summed E-state index contributed by atoms with van der Waals surface area (Å²) >= 11 is 0. The molecule has 20 heavy (non-hydrogen) atoms. The summed E-state index contributed by atoms with van der Waals surface area (Å²) in [6, 6.07) is 8.61. The van der Waals surface area contributed by atoms with Gasteiger partial charge in [0, 0.05) is 24.7 Å². The van der Waals surface area contributed by atoms with E-state index < -0.39 is 0 Å². The molecule has 1 aromatic carbocycles. The second-order valence-electron chi connectivity index (χ2n) is 4.83. The van der Waals surface area contributed by atoms with Crippen molar-refractivity contribution >= 4 is 10.9 Å². The third-order valence-corrected chi connectivity index (χ3v) is 3.34. The molecule has 0 saturated carbocycles. The summed E-state index contributed by atoms with van der Waals surface area (Å²) in [5.41, 5.74) is 2.47. The van der Waals surface area contributed by atoms with Crippen molar-refractivity contribution in [1.82, 2.24) is 20.0 Å². The van der Waals surface area contributed by atoms with Crippen LogP contribution in [-0.4, -0.2) is 21.8 Å². The van der Waals surface area contributed by atoms with Crippen molar-refractivity contribution in [2.24, 2.45) is 0 Å². The quantitative estimate of drug-likeness (QED) is 0.773. The summed E-state index contributed by atoms with van der Waals surface area (Å²) in [5, 5.41) is 8.40. The molecule has 0 atom stereocenters. The lowest BCUT2D eigenvalue weighted by molar-refractivity contribution is 0.375. The fourth-order valence-corrected chi connectivity index (χ4v) is 2.35. The Hall–Kier alpha value is -2.14. The first kappa shape index (κ1) is 12.9. The summed E-state index contributed by atoms with van der Waals surface area (Å²) in [7, 11) is 1.96. The third-order valence-electron chi connectivity index (χ3n) is 3.34. The summed E-state index contributed by atoms with van der Waals surface area (Å²) in [4.78, 5) is 4.35. The predicted octanol–water partition coefficient (Wildman–Crippen LogP) is 2.35. The maximum absolute atomic E-state index is 5.14. The number of nitrogens with one attached hydrogen (secondary N) is 1. The van der Waals surface area contributed by atoms with Gasteiger partial charge in [0.15, 0.2) is 5.82 Å². The van der Waals surface area contributed by atoms with E-state index in [0.29, 0.717) is 12.4 Å². The van der Waals surface area contributed by atoms with Gasteiger partial charge in [-0.1, -0.05) is 18.1 Å². The molecule has 3 aromatic rings. The van der Waals surface area contributed by atoms with E-state index in [-0.39, 0.29) is 0 Å². The van der Waals surface area contributed by atoms with Gasteiger partial charge in [-0.25, -0.2) is 0 Å². The maximum Gasteiger partial charge on any atom is 0.226 e. The van der Waals surface area contributed by atoms with Gasteiger partial charge in [0.1, 0.15) is 0 Å². The molecule has 0 unspecified atom stereocenters. The highest BCUT2D eigenvalue weighted by Gasteiger charge is 2.07. The Morgan fingerprint density at radius 2 is 2.20 bits per heavy atom. The van der Waals surface area contributed by atoms with Gasteiger partial charge in [-0.3, -0.25) is 0 Å². The zero-order valence-corrected chi connectivity index (χ0v) is 11.8. The van der Waals surface area contributed by atoms with E-state index in [2.05, 4.69) is 50.5 Å². The molecule has 1 N–H and O–H groups in total. The molecule has 0 radical (unpaired) electrons. The summed E-state index contributed by atoms with van der Waals surface area (Å²) in [6.07, 6.45) is 2.84. The summed E-state index contributed by atoms with van der Waals surface area (Å²) in [6.45, 7) is 3.52. The second-order valence-corrected chi connectivity index (χ2v) is 4.83. The van der Waals surface area contributed by atoms with Gasteiger partial charge in [-0.05, 0) is 36.2 Å². The fraction of sp³-hybridized carbons (Fsp3) is 0.333. The van der Waals surface area contributed by atoms with Gasteiger partial charge in [0.05, 0.1) is 6.54 Å². The molecular formula is C15H18N4O. The molecule has 0 bridgehead atoms. The van der Waals surface area contributed by atoms with Crippen LogP contribution in [0, 0.1) is 0 Å². The van der Waals surface area contributed by atoms with Gasteiger partial charge in [-0.15, -0.1) is 0 Å². The van der Waals surface area contributed by atoms with Crippen LogP contribution < -0.4 is 5.32 Å². The lowest BCUT2D eigenvalue weighted by Crippen LogP contribution is -2.05. The molecule has 2 heterocycles. The lowest BCUT2D eigenvalue weighted by Gasteiger charge is -2.04. The minimum absolute atomic E-state index is 0.637. The molecule has 5 nitrogen and oxygen atoms in total. The Morgan fingerprint density at radius 3 is 2.95 bits per heavy atom. The van der Waals surface area contributed by atoms with Crippen molar-refractivity contribution in [2.75, 3.05) is 7.05 Å². The van der Waals surface area contributed by atoms with Crippen molar-refractivity contribution in [3.63, 3.8) is 0 Å². The average molecular weight is 270 g/mol. The van der Waals surface area contributed by atoms with Crippen LogP contribution in [0.3, 0.4) is 0 Å². The minimum atomic E-state index is 0.637. The summed E-state index contributed by atoms with van der Waals surface area (Å²) < 4.78 is 7.28. The van der Waals surface area contributed by atoms with Gasteiger partial charge in [0.25, 0.3) is 0 Å². The number of hydrogen-bond acceptors (Lipinski definition) is 4. The number of aryl methyl sites for hydroxylation is 1. The highest BCUT2D eigenvalue weighted by molar-refractivity contribution is 5.80. The topological polar surface area (TPSA) is 55.9 Å². The van der Waals surface area contributed by atoms with Crippen LogP contribution in [0.15, 0.2) is 35.0 Å². The van der Waals surface area contributed by atoms with Crippen LogP contribution in [0.4, 0.5) is 0 Å². The predicted molar refractivity (Wildman–Crippen MR) is 77.5 cm³/mol. The van der Waals surface area contributed by atoms with Crippen LogP contribution >= 0.6 is 0 Å². The lowest BCUT2D eigenvalue weighted by atomic mass is 10.1. The first-order chi connectivity index (χ1) is 9.80. The highest BCUT2D eigenvalue weighted by Crippen LogP contribution is 2.18. The number of rotatable bonds is 5. The van der Waals surface area contributed by atoms with E-state index in [1.54, 1.807) is 0 Å². The summed E-state index contributed by atoms with van der Waals surface area (Å²) in [5.74, 6) is 1.41. The number of fused-ring (bicyclic) bond motifs is 1. The highest BCUT2D eigenvalue weighted by atomic mass is 16.5. The molecular weight excluding hydrogens is 252 g/mol. The van der Waals surface area contributed by atoms with Crippen LogP contribution in [0.5, 0.6) is 0 Å². The smallest absolute Gasteiger partial charge is 0.226 e. The van der Waals surface area contributed by atoms with E-state index >= 15 is 0 Å². The van der Waals surface area contributed by atoms with E-state index in [4.69, 9.17) is 4.52 Å². The van der Waals surface area contributed by atoms with Crippen LogP contribution in [0.1, 0.15) is 24.2 Å². The van der Waals surface area contributed by atoms with Crippen molar-refractivity contribution in [2.45, 2.75) is 26.4 Å². The number of hydrogen-bond donors (Lipinski definition) is 1. The maximum atomic E-state index is 5.14. The van der Waals surface area contributed by atoms with E-state index in [9.17, 15) is 0 Å². The molecule has 0 aliphatic carbocycles. The van der Waals surface area contributed by atoms with Gasteiger partial charge >= 0.3 is 0 Å². The van der Waals surface area contributed by atoms with E-state index in [1.165, 1.54) is 16.5 Å². The molecule has 0 aliphatic heterocycles. The zero-order chi connectivity index (χ0) is 13.9. The monoisotopic (exact) mass is 270 g/mol. The molecule has 104 valence electrons. The largest absolute Gasteiger partial charge is 0.340 e. The fourth-order valence-electron chi connectivity index (χ4n) is 2.35. The normalized spacial score (nSPS) is 11.3. The minimum Gasteiger partial charge on any atom is -0.340 e. The Bertz CT molecular complexity index is 714. The first-order valence-electron chi connectivity index (χ1n) is 6.84. The van der Waals surface area contributed by atoms with Gasteiger partial charge in [0.2, 0.25) is 5.89 Å². The molecule has 3 rings (SSSR count). The zero-order valence-electron chi connectivity index (χ0n) is 11.8. The molecule has 5 heteroatoms. The van der Waals surface area contributed by atoms with Crippen molar-refractivity contribution in [3.05, 3.63) is 47.7 Å². The molecule has 0 aliphatic rings. The van der Waals surface area contributed by atoms with Crippen molar-refractivity contribution < 1.29 is 4.52 Å². The average Bonchev–Trinajstić information content (AvgIpc) is 3.07. The van der Waals surface area contributed by atoms with Crippen molar-refractivity contribution in [3.8, 4) is 0 Å². The van der Waals surface area contributed by atoms with Crippen LogP contribution in [0.25, 0.3) is 10.9 Å². The Kier molecular flexibility index (Phi) is 3.52. The second kappa shape index (κ2) is 5.46. The molecule has 0 spiro atoms. The Morgan fingerprint density at radius 1 is 1.30 bits per heavy atom. The third kappa shape index (κ3) is 2.44. The van der Waals surface area contributed by atoms with Gasteiger partial charge in [-0.2, -0.15) is 4.98 Å².